The molecule has 0 spiro atoms. The van der Waals surface area contributed by atoms with Gasteiger partial charge in [0.15, 0.2) is 0 Å². The Balaban J connectivity index is 0.00000481. The molecular formula is C27H36Cl2F3N3O2. The SMILES string of the molecule is CN[C@H](c1cc(C(F)(F)F)ccc1N1CCN(C(=O)C(C)Cc2ccc(Cl)cc2OC)CC1)C(C)C.Cl. The van der Waals surface area contributed by atoms with Gasteiger partial charge in [0, 0.05) is 48.8 Å². The van der Waals surface area contributed by atoms with E-state index >= 15 is 0 Å². The molecule has 1 heterocycles. The van der Waals surface area contributed by atoms with Crippen LogP contribution >= 0.6 is 24.0 Å². The lowest BCUT2D eigenvalue weighted by Gasteiger charge is -2.39. The van der Waals surface area contributed by atoms with Crippen molar-refractivity contribution in [2.45, 2.75) is 39.4 Å². The van der Waals surface area contributed by atoms with Gasteiger partial charge >= 0.3 is 6.18 Å². The molecule has 2 aromatic rings. The van der Waals surface area contributed by atoms with Gasteiger partial charge in [0.2, 0.25) is 5.91 Å². The van der Waals surface area contributed by atoms with E-state index in [4.69, 9.17) is 16.3 Å². The Kier molecular flexibility index (Phi) is 11.0. The van der Waals surface area contributed by atoms with Gasteiger partial charge < -0.3 is 19.9 Å². The highest BCUT2D eigenvalue weighted by Gasteiger charge is 2.34. The number of rotatable bonds is 8. The van der Waals surface area contributed by atoms with Crippen molar-refractivity contribution in [1.82, 2.24) is 10.2 Å². The van der Waals surface area contributed by atoms with Crippen molar-refractivity contribution < 1.29 is 22.7 Å². The normalized spacial score (nSPS) is 15.8. The first kappa shape index (κ1) is 31.1. The topological polar surface area (TPSA) is 44.8 Å². The van der Waals surface area contributed by atoms with Crippen LogP contribution in [0.2, 0.25) is 5.02 Å². The van der Waals surface area contributed by atoms with E-state index in [0.29, 0.717) is 48.9 Å². The monoisotopic (exact) mass is 561 g/mol. The van der Waals surface area contributed by atoms with Gasteiger partial charge in [-0.1, -0.05) is 38.4 Å². The summed E-state index contributed by atoms with van der Waals surface area (Å²) >= 11 is 6.05. The second kappa shape index (κ2) is 13.1. The summed E-state index contributed by atoms with van der Waals surface area (Å²) in [5.41, 5.74) is 1.68. The first-order valence-electron chi connectivity index (χ1n) is 12.2. The minimum Gasteiger partial charge on any atom is -0.496 e. The van der Waals surface area contributed by atoms with Gasteiger partial charge in [0.25, 0.3) is 0 Å². The summed E-state index contributed by atoms with van der Waals surface area (Å²) in [5.74, 6) is 0.564. The average molecular weight is 563 g/mol. The number of hydrogen-bond acceptors (Lipinski definition) is 4. The highest BCUT2D eigenvalue weighted by atomic mass is 35.5. The molecule has 206 valence electrons. The van der Waals surface area contributed by atoms with Crippen LogP contribution in [-0.4, -0.2) is 51.1 Å². The number of benzene rings is 2. The number of halogens is 5. The van der Waals surface area contributed by atoms with Crippen LogP contribution in [0.5, 0.6) is 5.75 Å². The van der Waals surface area contributed by atoms with Crippen molar-refractivity contribution in [3.63, 3.8) is 0 Å². The maximum Gasteiger partial charge on any atom is 0.416 e. The third-order valence-electron chi connectivity index (χ3n) is 6.80. The smallest absolute Gasteiger partial charge is 0.416 e. The number of carbonyl (C=O) groups is 1. The molecule has 0 aliphatic carbocycles. The molecule has 1 aliphatic heterocycles. The largest absolute Gasteiger partial charge is 0.496 e. The summed E-state index contributed by atoms with van der Waals surface area (Å²) in [4.78, 5) is 17.1. The Bertz CT molecular complexity index is 1060. The molecule has 2 atom stereocenters. The predicted molar refractivity (Wildman–Crippen MR) is 145 cm³/mol. The molecule has 0 bridgehead atoms. The zero-order chi connectivity index (χ0) is 26.6. The molecule has 1 saturated heterocycles. The molecule has 1 aliphatic rings. The fourth-order valence-corrected chi connectivity index (χ4v) is 5.06. The molecule has 1 amide bonds. The first-order valence-corrected chi connectivity index (χ1v) is 12.6. The number of piperazine rings is 1. The minimum atomic E-state index is -4.41. The average Bonchev–Trinajstić information content (AvgIpc) is 2.84. The summed E-state index contributed by atoms with van der Waals surface area (Å²) in [7, 11) is 3.34. The molecule has 10 heteroatoms. The van der Waals surface area contributed by atoms with E-state index in [2.05, 4.69) is 10.2 Å². The van der Waals surface area contributed by atoms with E-state index in [1.807, 2.05) is 31.7 Å². The number of anilines is 1. The van der Waals surface area contributed by atoms with Gasteiger partial charge in [0.1, 0.15) is 5.75 Å². The number of methoxy groups -OCH3 is 1. The van der Waals surface area contributed by atoms with E-state index in [1.54, 1.807) is 32.4 Å². The maximum absolute atomic E-state index is 13.5. The van der Waals surface area contributed by atoms with E-state index in [-0.39, 0.29) is 36.2 Å². The van der Waals surface area contributed by atoms with Crippen LogP contribution < -0.4 is 15.0 Å². The van der Waals surface area contributed by atoms with Crippen LogP contribution in [-0.2, 0) is 17.4 Å². The summed E-state index contributed by atoms with van der Waals surface area (Å²) in [5, 5.41) is 3.75. The molecule has 2 aromatic carbocycles. The number of nitrogens with zero attached hydrogens (tertiary/aromatic N) is 2. The van der Waals surface area contributed by atoms with Crippen LogP contribution in [0.4, 0.5) is 18.9 Å². The minimum absolute atomic E-state index is 0. The summed E-state index contributed by atoms with van der Waals surface area (Å²) in [6.45, 7) is 7.99. The van der Waals surface area contributed by atoms with Gasteiger partial charge in [-0.25, -0.2) is 0 Å². The fraction of sp³-hybridized carbons (Fsp3) is 0.519. The lowest BCUT2D eigenvalue weighted by molar-refractivity contribution is -0.137. The van der Waals surface area contributed by atoms with Crippen molar-refractivity contribution in [2.75, 3.05) is 45.2 Å². The number of carbonyl (C=O) groups excluding carboxylic acids is 1. The van der Waals surface area contributed by atoms with Crippen molar-refractivity contribution in [3.05, 3.63) is 58.1 Å². The summed E-state index contributed by atoms with van der Waals surface area (Å²) in [6.07, 6.45) is -3.88. The van der Waals surface area contributed by atoms with Crippen molar-refractivity contribution in [1.29, 1.82) is 0 Å². The molecular weight excluding hydrogens is 526 g/mol. The Morgan fingerprint density at radius 3 is 2.27 bits per heavy atom. The molecule has 3 rings (SSSR count). The quantitative estimate of drug-likeness (QED) is 0.414. The first-order chi connectivity index (χ1) is 17.0. The van der Waals surface area contributed by atoms with Crippen molar-refractivity contribution in [2.24, 2.45) is 11.8 Å². The Hall–Kier alpha value is -2.16. The predicted octanol–water partition coefficient (Wildman–Crippen LogP) is 6.23. The number of hydrogen-bond donors (Lipinski definition) is 1. The lowest BCUT2D eigenvalue weighted by Crippen LogP contribution is -2.50. The Morgan fingerprint density at radius 2 is 1.73 bits per heavy atom. The third kappa shape index (κ3) is 7.45. The molecule has 0 radical (unpaired) electrons. The molecule has 0 saturated carbocycles. The third-order valence-corrected chi connectivity index (χ3v) is 7.03. The zero-order valence-corrected chi connectivity index (χ0v) is 23.4. The summed E-state index contributed by atoms with van der Waals surface area (Å²) in [6, 6.07) is 9.15. The molecule has 0 aromatic heterocycles. The highest BCUT2D eigenvalue weighted by molar-refractivity contribution is 6.30. The number of ether oxygens (including phenoxy) is 1. The summed E-state index contributed by atoms with van der Waals surface area (Å²) < 4.78 is 45.8. The molecule has 5 nitrogen and oxygen atoms in total. The van der Waals surface area contributed by atoms with E-state index in [1.165, 1.54) is 6.07 Å². The van der Waals surface area contributed by atoms with Crippen molar-refractivity contribution >= 4 is 35.6 Å². The zero-order valence-electron chi connectivity index (χ0n) is 21.9. The fourth-order valence-electron chi connectivity index (χ4n) is 4.90. The van der Waals surface area contributed by atoms with Gasteiger partial charge in [-0.05, 0) is 60.8 Å². The number of nitrogens with one attached hydrogen (secondary N) is 1. The maximum atomic E-state index is 13.5. The molecule has 1 unspecified atom stereocenters. The van der Waals surface area contributed by atoms with Crippen LogP contribution in [0.1, 0.15) is 43.5 Å². The number of alkyl halides is 3. The van der Waals surface area contributed by atoms with Gasteiger partial charge in [-0.2, -0.15) is 13.2 Å². The van der Waals surface area contributed by atoms with Crippen molar-refractivity contribution in [3.8, 4) is 5.75 Å². The van der Waals surface area contributed by atoms with Gasteiger partial charge in [-0.3, -0.25) is 4.79 Å². The van der Waals surface area contributed by atoms with Crippen LogP contribution in [0.25, 0.3) is 0 Å². The molecule has 37 heavy (non-hydrogen) atoms. The lowest BCUT2D eigenvalue weighted by atomic mass is 9.92. The highest BCUT2D eigenvalue weighted by Crippen LogP contribution is 2.37. The second-order valence-corrected chi connectivity index (χ2v) is 10.1. The van der Waals surface area contributed by atoms with Crippen LogP contribution in [0, 0.1) is 11.8 Å². The van der Waals surface area contributed by atoms with Crippen LogP contribution in [0.15, 0.2) is 36.4 Å². The van der Waals surface area contributed by atoms with Gasteiger partial charge in [-0.15, -0.1) is 12.4 Å². The van der Waals surface area contributed by atoms with E-state index in [9.17, 15) is 18.0 Å². The Morgan fingerprint density at radius 1 is 1.08 bits per heavy atom. The van der Waals surface area contributed by atoms with Gasteiger partial charge in [0.05, 0.1) is 12.7 Å². The molecule has 1 N–H and O–H groups in total. The standard InChI is InChI=1S/C27H35ClF3N3O2.ClH/c1-17(2)25(32-4)22-15-20(27(29,30)31)7-9-23(22)33-10-12-34(13-11-33)26(35)18(3)14-19-6-8-21(28)16-24(19)36-5;/h6-9,15-18,25,32H,10-14H2,1-5H3;1H/t18?,25-;/m0./s1. The second-order valence-electron chi connectivity index (χ2n) is 9.66. The van der Waals surface area contributed by atoms with E-state index < -0.39 is 11.7 Å². The molecule has 1 fully saturated rings. The number of amides is 1. The van der Waals surface area contributed by atoms with Crippen LogP contribution in [0.3, 0.4) is 0 Å². The Labute approximate surface area is 228 Å². The van der Waals surface area contributed by atoms with E-state index in [0.717, 1.165) is 17.3 Å².